The minimum Gasteiger partial charge on any atom is -0.304 e. The van der Waals surface area contributed by atoms with E-state index in [1.54, 1.807) is 11.3 Å². The normalized spacial score (nSPS) is 13.0. The number of thiazole rings is 1. The van der Waals surface area contributed by atoms with Crippen LogP contribution < -0.4 is 5.32 Å². The summed E-state index contributed by atoms with van der Waals surface area (Å²) in [5, 5.41) is 10.5. The molecule has 2 heterocycles. The Balaban J connectivity index is 1.79. The number of para-hydroxylation sites is 1. The van der Waals surface area contributed by atoms with Gasteiger partial charge in [0.15, 0.2) is 0 Å². The third-order valence-corrected chi connectivity index (χ3v) is 5.00. The molecule has 21 heavy (non-hydrogen) atoms. The molecule has 2 aromatic heterocycles. The maximum atomic E-state index is 4.62. The Hall–Kier alpha value is -1.72. The van der Waals surface area contributed by atoms with Crippen LogP contribution in [0.1, 0.15) is 34.2 Å². The predicted molar refractivity (Wildman–Crippen MR) is 87.6 cm³/mol. The standard InChI is InChI=1S/C16H20N4S/c1-10(16-11(2)18-12(3)21-16)17-9-14-13-7-5-6-8-15(13)20(4)19-14/h5-8,10,17H,9H2,1-4H3. The fourth-order valence-electron chi connectivity index (χ4n) is 2.71. The summed E-state index contributed by atoms with van der Waals surface area (Å²) in [6.07, 6.45) is 0. The van der Waals surface area contributed by atoms with E-state index < -0.39 is 0 Å². The summed E-state index contributed by atoms with van der Waals surface area (Å²) in [6.45, 7) is 7.08. The molecule has 1 N–H and O–H groups in total. The van der Waals surface area contributed by atoms with E-state index in [0.29, 0.717) is 0 Å². The van der Waals surface area contributed by atoms with Gasteiger partial charge in [0.1, 0.15) is 0 Å². The highest BCUT2D eigenvalue weighted by molar-refractivity contribution is 7.11. The number of hydrogen-bond donors (Lipinski definition) is 1. The molecule has 0 aliphatic heterocycles. The number of fused-ring (bicyclic) bond motifs is 1. The molecule has 5 heteroatoms. The lowest BCUT2D eigenvalue weighted by Gasteiger charge is -2.11. The Bertz CT molecular complexity index is 772. The smallest absolute Gasteiger partial charge is 0.0900 e. The molecule has 110 valence electrons. The number of nitrogens with zero attached hydrogens (tertiary/aromatic N) is 3. The summed E-state index contributed by atoms with van der Waals surface area (Å²) in [5.41, 5.74) is 3.40. The van der Waals surface area contributed by atoms with Gasteiger partial charge in [-0.05, 0) is 26.8 Å². The van der Waals surface area contributed by atoms with E-state index >= 15 is 0 Å². The number of benzene rings is 1. The summed E-state index contributed by atoms with van der Waals surface area (Å²) in [7, 11) is 1.99. The Morgan fingerprint density at radius 3 is 2.76 bits per heavy atom. The molecule has 3 rings (SSSR count). The molecule has 1 atom stereocenters. The van der Waals surface area contributed by atoms with Gasteiger partial charge in [0, 0.05) is 29.9 Å². The Labute approximate surface area is 128 Å². The molecule has 0 aliphatic carbocycles. The Kier molecular flexibility index (Phi) is 3.78. The number of hydrogen-bond acceptors (Lipinski definition) is 4. The molecular formula is C16H20N4S. The van der Waals surface area contributed by atoms with Gasteiger partial charge >= 0.3 is 0 Å². The first kappa shape index (κ1) is 14.2. The molecule has 0 saturated heterocycles. The quantitative estimate of drug-likeness (QED) is 0.802. The Morgan fingerprint density at radius 2 is 2.05 bits per heavy atom. The maximum Gasteiger partial charge on any atom is 0.0900 e. The van der Waals surface area contributed by atoms with Gasteiger partial charge < -0.3 is 5.32 Å². The van der Waals surface area contributed by atoms with Crippen molar-refractivity contribution in [2.75, 3.05) is 0 Å². The zero-order valence-electron chi connectivity index (χ0n) is 12.8. The van der Waals surface area contributed by atoms with Crippen LogP contribution in [0.3, 0.4) is 0 Å². The zero-order valence-corrected chi connectivity index (χ0v) is 13.7. The number of nitrogens with one attached hydrogen (secondary N) is 1. The van der Waals surface area contributed by atoms with E-state index in [2.05, 4.69) is 54.4 Å². The van der Waals surface area contributed by atoms with Crippen molar-refractivity contribution in [3.8, 4) is 0 Å². The van der Waals surface area contributed by atoms with Gasteiger partial charge in [-0.3, -0.25) is 4.68 Å². The third kappa shape index (κ3) is 2.71. The molecule has 4 nitrogen and oxygen atoms in total. The largest absolute Gasteiger partial charge is 0.304 e. The van der Waals surface area contributed by atoms with Crippen LogP contribution >= 0.6 is 11.3 Å². The lowest BCUT2D eigenvalue weighted by atomic mass is 10.2. The fourth-order valence-corrected chi connectivity index (χ4v) is 3.66. The van der Waals surface area contributed by atoms with Gasteiger partial charge in [0.25, 0.3) is 0 Å². The molecule has 0 spiro atoms. The molecule has 0 radical (unpaired) electrons. The van der Waals surface area contributed by atoms with E-state index in [0.717, 1.165) is 22.9 Å². The predicted octanol–water partition coefficient (Wildman–Crippen LogP) is 3.50. The van der Waals surface area contributed by atoms with E-state index in [1.807, 2.05) is 17.8 Å². The molecule has 3 aromatic rings. The van der Waals surface area contributed by atoms with Gasteiger partial charge in [0.2, 0.25) is 0 Å². The van der Waals surface area contributed by atoms with Crippen LogP contribution in [-0.4, -0.2) is 14.8 Å². The first-order valence-corrected chi connectivity index (χ1v) is 7.96. The monoisotopic (exact) mass is 300 g/mol. The van der Waals surface area contributed by atoms with Crippen molar-refractivity contribution >= 4 is 22.2 Å². The summed E-state index contributed by atoms with van der Waals surface area (Å²) < 4.78 is 1.94. The van der Waals surface area contributed by atoms with Crippen LogP contribution in [0, 0.1) is 13.8 Å². The van der Waals surface area contributed by atoms with Crippen molar-refractivity contribution in [3.63, 3.8) is 0 Å². The average Bonchev–Trinajstić information content (AvgIpc) is 2.97. The zero-order chi connectivity index (χ0) is 15.0. The van der Waals surface area contributed by atoms with Crippen molar-refractivity contribution in [2.45, 2.75) is 33.4 Å². The molecule has 0 amide bonds. The molecule has 0 aliphatic rings. The van der Waals surface area contributed by atoms with E-state index in [9.17, 15) is 0 Å². The second kappa shape index (κ2) is 5.58. The summed E-state index contributed by atoms with van der Waals surface area (Å²) in [5.74, 6) is 0. The SMILES string of the molecule is Cc1nc(C)c(C(C)NCc2nn(C)c3ccccc23)s1. The summed E-state index contributed by atoms with van der Waals surface area (Å²) >= 11 is 1.77. The van der Waals surface area contributed by atoms with Gasteiger partial charge in [-0.2, -0.15) is 5.10 Å². The minimum absolute atomic E-state index is 0.289. The van der Waals surface area contributed by atoms with Crippen molar-refractivity contribution in [3.05, 3.63) is 45.5 Å². The summed E-state index contributed by atoms with van der Waals surface area (Å²) in [4.78, 5) is 5.81. The topological polar surface area (TPSA) is 42.7 Å². The maximum absolute atomic E-state index is 4.62. The van der Waals surface area contributed by atoms with Gasteiger partial charge in [0.05, 0.1) is 21.9 Å². The first-order chi connectivity index (χ1) is 10.1. The van der Waals surface area contributed by atoms with Gasteiger partial charge in [-0.1, -0.05) is 18.2 Å². The van der Waals surface area contributed by atoms with Crippen LogP contribution in [0.5, 0.6) is 0 Å². The minimum atomic E-state index is 0.289. The van der Waals surface area contributed by atoms with Crippen LogP contribution in [0.4, 0.5) is 0 Å². The highest BCUT2D eigenvalue weighted by Crippen LogP contribution is 2.25. The van der Waals surface area contributed by atoms with Crippen molar-refractivity contribution < 1.29 is 0 Å². The molecule has 1 aromatic carbocycles. The lowest BCUT2D eigenvalue weighted by molar-refractivity contribution is 0.568. The first-order valence-electron chi connectivity index (χ1n) is 7.14. The van der Waals surface area contributed by atoms with Crippen molar-refractivity contribution in [2.24, 2.45) is 7.05 Å². The molecule has 0 fully saturated rings. The molecule has 0 saturated carbocycles. The van der Waals surface area contributed by atoms with Crippen LogP contribution in [-0.2, 0) is 13.6 Å². The average molecular weight is 300 g/mol. The highest BCUT2D eigenvalue weighted by Gasteiger charge is 2.14. The second-order valence-corrected chi connectivity index (χ2v) is 6.61. The van der Waals surface area contributed by atoms with Crippen molar-refractivity contribution in [1.82, 2.24) is 20.1 Å². The van der Waals surface area contributed by atoms with E-state index in [1.165, 1.54) is 15.8 Å². The molecular weight excluding hydrogens is 280 g/mol. The lowest BCUT2D eigenvalue weighted by Crippen LogP contribution is -2.18. The number of rotatable bonds is 4. The van der Waals surface area contributed by atoms with Crippen LogP contribution in [0.15, 0.2) is 24.3 Å². The second-order valence-electron chi connectivity index (χ2n) is 5.37. The molecule has 1 unspecified atom stereocenters. The third-order valence-electron chi connectivity index (χ3n) is 3.74. The van der Waals surface area contributed by atoms with E-state index in [4.69, 9.17) is 0 Å². The van der Waals surface area contributed by atoms with Gasteiger partial charge in [-0.15, -0.1) is 11.3 Å². The van der Waals surface area contributed by atoms with Gasteiger partial charge in [-0.25, -0.2) is 4.98 Å². The molecule has 0 bridgehead atoms. The van der Waals surface area contributed by atoms with Crippen molar-refractivity contribution in [1.29, 1.82) is 0 Å². The number of aromatic nitrogens is 3. The summed E-state index contributed by atoms with van der Waals surface area (Å²) in [6, 6.07) is 8.64. The van der Waals surface area contributed by atoms with Crippen LogP contribution in [0.2, 0.25) is 0 Å². The van der Waals surface area contributed by atoms with Crippen LogP contribution in [0.25, 0.3) is 10.9 Å². The fraction of sp³-hybridized carbons (Fsp3) is 0.375. The highest BCUT2D eigenvalue weighted by atomic mass is 32.1. The van der Waals surface area contributed by atoms with E-state index in [-0.39, 0.29) is 6.04 Å². The Morgan fingerprint density at radius 1 is 1.29 bits per heavy atom. The number of aryl methyl sites for hydroxylation is 3.